The average molecular weight is 275 g/mol. The summed E-state index contributed by atoms with van der Waals surface area (Å²) >= 11 is 0. The van der Waals surface area contributed by atoms with Crippen molar-refractivity contribution in [1.29, 1.82) is 0 Å². The SMILES string of the molecule is COCCC1(Cn2ccc3c2CC(C)(C)CC3=O)CC1. The molecule has 3 nitrogen and oxygen atoms in total. The van der Waals surface area contributed by atoms with E-state index in [0.717, 1.165) is 31.6 Å². The fourth-order valence-corrected chi connectivity index (χ4v) is 3.49. The van der Waals surface area contributed by atoms with Gasteiger partial charge in [-0.2, -0.15) is 0 Å². The summed E-state index contributed by atoms with van der Waals surface area (Å²) in [6.07, 6.45) is 7.53. The lowest BCUT2D eigenvalue weighted by Gasteiger charge is -2.30. The van der Waals surface area contributed by atoms with Crippen LogP contribution in [0, 0.1) is 10.8 Å². The maximum absolute atomic E-state index is 12.2. The fourth-order valence-electron chi connectivity index (χ4n) is 3.49. The number of nitrogens with zero attached hydrogens (tertiary/aromatic N) is 1. The number of Topliss-reactive ketones (excluding diaryl/α,β-unsaturated/α-hetero) is 1. The van der Waals surface area contributed by atoms with E-state index in [1.165, 1.54) is 18.5 Å². The Bertz CT molecular complexity index is 523. The number of methoxy groups -OCH3 is 1. The van der Waals surface area contributed by atoms with Crippen molar-refractivity contribution in [3.8, 4) is 0 Å². The number of aromatic nitrogens is 1. The zero-order chi connectivity index (χ0) is 14.4. The Hall–Kier alpha value is -1.09. The minimum Gasteiger partial charge on any atom is -0.385 e. The molecule has 0 aromatic carbocycles. The van der Waals surface area contributed by atoms with E-state index in [0.29, 0.717) is 17.6 Å². The van der Waals surface area contributed by atoms with E-state index in [4.69, 9.17) is 4.74 Å². The van der Waals surface area contributed by atoms with Crippen LogP contribution < -0.4 is 0 Å². The third kappa shape index (κ3) is 2.56. The molecule has 2 aliphatic carbocycles. The first-order valence-corrected chi connectivity index (χ1v) is 7.65. The van der Waals surface area contributed by atoms with Crippen molar-refractivity contribution in [3.05, 3.63) is 23.5 Å². The van der Waals surface area contributed by atoms with Crippen molar-refractivity contribution in [3.63, 3.8) is 0 Å². The molecule has 0 aliphatic heterocycles. The molecule has 2 aliphatic rings. The molecule has 0 saturated heterocycles. The van der Waals surface area contributed by atoms with Gasteiger partial charge < -0.3 is 9.30 Å². The summed E-state index contributed by atoms with van der Waals surface area (Å²) < 4.78 is 7.58. The molecule has 3 heteroatoms. The van der Waals surface area contributed by atoms with Crippen molar-refractivity contribution < 1.29 is 9.53 Å². The normalized spacial score (nSPS) is 22.6. The highest BCUT2D eigenvalue weighted by Gasteiger charge is 2.43. The van der Waals surface area contributed by atoms with Gasteiger partial charge in [-0.05, 0) is 42.6 Å². The van der Waals surface area contributed by atoms with Gasteiger partial charge in [0.15, 0.2) is 5.78 Å². The van der Waals surface area contributed by atoms with Crippen LogP contribution in [0.5, 0.6) is 0 Å². The smallest absolute Gasteiger partial charge is 0.165 e. The Morgan fingerprint density at radius 3 is 2.70 bits per heavy atom. The van der Waals surface area contributed by atoms with Crippen LogP contribution in [0.3, 0.4) is 0 Å². The second-order valence-corrected chi connectivity index (χ2v) is 7.49. The zero-order valence-corrected chi connectivity index (χ0v) is 12.9. The lowest BCUT2D eigenvalue weighted by molar-refractivity contribution is 0.0909. The third-order valence-corrected chi connectivity index (χ3v) is 4.96. The molecule has 20 heavy (non-hydrogen) atoms. The number of ketones is 1. The summed E-state index contributed by atoms with van der Waals surface area (Å²) in [4.78, 5) is 12.2. The van der Waals surface area contributed by atoms with Crippen molar-refractivity contribution >= 4 is 5.78 Å². The molecule has 0 N–H and O–H groups in total. The van der Waals surface area contributed by atoms with Gasteiger partial charge in [0.25, 0.3) is 0 Å². The van der Waals surface area contributed by atoms with E-state index in [9.17, 15) is 4.79 Å². The molecule has 1 saturated carbocycles. The highest BCUT2D eigenvalue weighted by molar-refractivity contribution is 5.98. The quantitative estimate of drug-likeness (QED) is 0.824. The van der Waals surface area contributed by atoms with Gasteiger partial charge in [-0.15, -0.1) is 0 Å². The Balaban J connectivity index is 1.81. The topological polar surface area (TPSA) is 31.2 Å². The molecule has 1 heterocycles. The Morgan fingerprint density at radius 1 is 1.30 bits per heavy atom. The van der Waals surface area contributed by atoms with Gasteiger partial charge in [-0.3, -0.25) is 4.79 Å². The van der Waals surface area contributed by atoms with Crippen LogP contribution in [0.4, 0.5) is 0 Å². The number of carbonyl (C=O) groups is 1. The van der Waals surface area contributed by atoms with E-state index in [-0.39, 0.29) is 5.41 Å². The predicted molar refractivity (Wildman–Crippen MR) is 79.0 cm³/mol. The van der Waals surface area contributed by atoms with Crippen LogP contribution in [0.2, 0.25) is 0 Å². The largest absolute Gasteiger partial charge is 0.385 e. The molecule has 110 valence electrons. The molecule has 1 fully saturated rings. The summed E-state index contributed by atoms with van der Waals surface area (Å²) in [5.74, 6) is 0.316. The lowest BCUT2D eigenvalue weighted by Crippen LogP contribution is -2.28. The van der Waals surface area contributed by atoms with Crippen molar-refractivity contribution in [2.75, 3.05) is 13.7 Å². The number of ether oxygens (including phenoxy) is 1. The number of hydrogen-bond donors (Lipinski definition) is 0. The maximum Gasteiger partial charge on any atom is 0.165 e. The van der Waals surface area contributed by atoms with E-state index in [1.54, 1.807) is 7.11 Å². The fraction of sp³-hybridized carbons (Fsp3) is 0.706. The van der Waals surface area contributed by atoms with Gasteiger partial charge in [0.2, 0.25) is 0 Å². The molecule has 0 bridgehead atoms. The van der Waals surface area contributed by atoms with Crippen LogP contribution in [0.15, 0.2) is 12.3 Å². The van der Waals surface area contributed by atoms with Crippen LogP contribution in [0.25, 0.3) is 0 Å². The van der Waals surface area contributed by atoms with E-state index in [1.807, 2.05) is 6.07 Å². The van der Waals surface area contributed by atoms with Crippen molar-refractivity contribution in [1.82, 2.24) is 4.57 Å². The number of fused-ring (bicyclic) bond motifs is 1. The third-order valence-electron chi connectivity index (χ3n) is 4.96. The highest BCUT2D eigenvalue weighted by Crippen LogP contribution is 2.51. The minimum atomic E-state index is 0.101. The highest BCUT2D eigenvalue weighted by atomic mass is 16.5. The first kappa shape index (κ1) is 13.9. The molecule has 0 spiro atoms. The second kappa shape index (κ2) is 4.73. The molecule has 3 rings (SSSR count). The Morgan fingerprint density at radius 2 is 2.05 bits per heavy atom. The number of rotatable bonds is 5. The van der Waals surface area contributed by atoms with E-state index in [2.05, 4.69) is 24.6 Å². The van der Waals surface area contributed by atoms with Crippen LogP contribution in [-0.2, 0) is 17.7 Å². The van der Waals surface area contributed by atoms with E-state index >= 15 is 0 Å². The van der Waals surface area contributed by atoms with E-state index < -0.39 is 0 Å². The van der Waals surface area contributed by atoms with Gasteiger partial charge in [0, 0.05) is 44.1 Å². The van der Waals surface area contributed by atoms with Crippen LogP contribution in [0.1, 0.15) is 55.6 Å². The number of carbonyl (C=O) groups excluding carboxylic acids is 1. The Kier molecular flexibility index (Phi) is 3.28. The molecule has 1 aromatic rings. The molecular formula is C17H25NO2. The summed E-state index contributed by atoms with van der Waals surface area (Å²) in [6, 6.07) is 2.03. The molecule has 0 radical (unpaired) electrons. The molecule has 1 aromatic heterocycles. The van der Waals surface area contributed by atoms with Crippen molar-refractivity contribution in [2.45, 2.75) is 52.5 Å². The molecule has 0 atom stereocenters. The standard InChI is InChI=1S/C17H25NO2/c1-16(2)10-14-13(15(19)11-16)4-8-18(14)12-17(5-6-17)7-9-20-3/h4,8H,5-7,9-12H2,1-3H3. The molecular weight excluding hydrogens is 250 g/mol. The molecule has 0 amide bonds. The second-order valence-electron chi connectivity index (χ2n) is 7.49. The van der Waals surface area contributed by atoms with Crippen LogP contribution in [-0.4, -0.2) is 24.1 Å². The zero-order valence-electron chi connectivity index (χ0n) is 12.9. The summed E-state index contributed by atoms with van der Waals surface area (Å²) in [5.41, 5.74) is 2.75. The summed E-state index contributed by atoms with van der Waals surface area (Å²) in [7, 11) is 1.77. The molecule has 0 unspecified atom stereocenters. The van der Waals surface area contributed by atoms with Gasteiger partial charge in [0.1, 0.15) is 0 Å². The first-order valence-electron chi connectivity index (χ1n) is 7.65. The summed E-state index contributed by atoms with van der Waals surface area (Å²) in [5, 5.41) is 0. The average Bonchev–Trinajstić information content (AvgIpc) is 3.02. The summed E-state index contributed by atoms with van der Waals surface area (Å²) in [6.45, 7) is 6.29. The monoisotopic (exact) mass is 275 g/mol. The van der Waals surface area contributed by atoms with Gasteiger partial charge in [-0.25, -0.2) is 0 Å². The van der Waals surface area contributed by atoms with Crippen molar-refractivity contribution in [2.24, 2.45) is 10.8 Å². The van der Waals surface area contributed by atoms with Gasteiger partial charge >= 0.3 is 0 Å². The lowest BCUT2D eigenvalue weighted by atomic mass is 9.76. The predicted octanol–water partition coefficient (Wildman–Crippen LogP) is 3.46. The Labute approximate surface area is 121 Å². The first-order chi connectivity index (χ1) is 9.45. The maximum atomic E-state index is 12.2. The van der Waals surface area contributed by atoms with Gasteiger partial charge in [0.05, 0.1) is 0 Å². The van der Waals surface area contributed by atoms with Crippen LogP contribution >= 0.6 is 0 Å². The van der Waals surface area contributed by atoms with Gasteiger partial charge in [-0.1, -0.05) is 13.8 Å². The minimum absolute atomic E-state index is 0.101. The number of hydrogen-bond acceptors (Lipinski definition) is 2.